The largest absolute Gasteiger partial charge is 0.393 e. The normalized spacial score (nSPS) is 22.4. The van der Waals surface area contributed by atoms with Crippen LogP contribution in [-0.2, 0) is 4.79 Å². The van der Waals surface area contributed by atoms with Gasteiger partial charge in [-0.2, -0.15) is 0 Å². The van der Waals surface area contributed by atoms with Crippen LogP contribution in [0.5, 0.6) is 0 Å². The van der Waals surface area contributed by atoms with Gasteiger partial charge in [-0.3, -0.25) is 9.69 Å². The van der Waals surface area contributed by atoms with Crippen LogP contribution < -0.4 is 5.32 Å². The van der Waals surface area contributed by atoms with Crippen molar-refractivity contribution < 1.29 is 9.90 Å². The fraction of sp³-hybridized carbons (Fsp3) is 0.562. The Bertz CT molecular complexity index is 433. The molecule has 0 radical (unpaired) electrons. The van der Waals surface area contributed by atoms with Crippen LogP contribution in [0.15, 0.2) is 30.3 Å². The molecular formula is C16H24N2O2. The first-order chi connectivity index (χ1) is 9.56. The number of benzene rings is 1. The summed E-state index contributed by atoms with van der Waals surface area (Å²) < 4.78 is 0. The number of hydrogen-bond acceptors (Lipinski definition) is 3. The lowest BCUT2D eigenvalue weighted by molar-refractivity contribution is -0.122. The van der Waals surface area contributed by atoms with Gasteiger partial charge in [0.15, 0.2) is 0 Å². The Morgan fingerprint density at radius 1 is 1.40 bits per heavy atom. The van der Waals surface area contributed by atoms with Crippen molar-refractivity contribution >= 4 is 5.91 Å². The number of nitrogens with zero attached hydrogens (tertiary/aromatic N) is 1. The lowest BCUT2D eigenvalue weighted by atomic mass is 10.0. The summed E-state index contributed by atoms with van der Waals surface area (Å²) in [5.74, 6) is 0.349. The lowest BCUT2D eigenvalue weighted by Crippen LogP contribution is -2.37. The number of carbonyl (C=O) groups is 1. The Balaban J connectivity index is 1.79. The van der Waals surface area contributed by atoms with Crippen molar-refractivity contribution in [3.63, 3.8) is 0 Å². The Hall–Kier alpha value is -1.39. The van der Waals surface area contributed by atoms with E-state index in [-0.39, 0.29) is 18.1 Å². The van der Waals surface area contributed by atoms with E-state index < -0.39 is 0 Å². The third-order valence-corrected chi connectivity index (χ3v) is 4.04. The number of likely N-dealkylation sites (tertiary alicyclic amines) is 1. The molecule has 2 N–H and O–H groups in total. The number of amides is 1. The predicted octanol–water partition coefficient (Wildman–Crippen LogP) is 1.57. The second kappa shape index (κ2) is 6.86. The van der Waals surface area contributed by atoms with Gasteiger partial charge in [0.2, 0.25) is 5.91 Å². The standard InChI is InChI=1S/C16H24N2O2/c1-12(14-6-4-3-5-7-14)17-16(20)11-18-9-8-15(10-18)13(2)19/h3-7,12-13,15,19H,8-11H2,1-2H3,(H,17,20). The molecular weight excluding hydrogens is 252 g/mol. The van der Waals surface area contributed by atoms with Crippen LogP contribution in [0.2, 0.25) is 0 Å². The molecule has 1 aliphatic heterocycles. The SMILES string of the molecule is CC(NC(=O)CN1CCC(C(C)O)C1)c1ccccc1. The highest BCUT2D eigenvalue weighted by Gasteiger charge is 2.27. The molecule has 0 aromatic heterocycles. The van der Waals surface area contributed by atoms with E-state index in [1.165, 1.54) is 0 Å². The van der Waals surface area contributed by atoms with Crippen LogP contribution in [-0.4, -0.2) is 41.7 Å². The summed E-state index contributed by atoms with van der Waals surface area (Å²) in [6.45, 7) is 5.94. The maximum Gasteiger partial charge on any atom is 0.234 e. The molecule has 1 aliphatic rings. The molecule has 0 spiro atoms. The molecule has 3 atom stereocenters. The molecule has 0 aliphatic carbocycles. The van der Waals surface area contributed by atoms with Gasteiger partial charge >= 0.3 is 0 Å². The number of nitrogens with one attached hydrogen (secondary N) is 1. The maximum absolute atomic E-state index is 12.0. The van der Waals surface area contributed by atoms with Crippen LogP contribution in [0.4, 0.5) is 0 Å². The van der Waals surface area contributed by atoms with E-state index in [0.717, 1.165) is 25.1 Å². The van der Waals surface area contributed by atoms with E-state index in [9.17, 15) is 9.90 Å². The molecule has 110 valence electrons. The summed E-state index contributed by atoms with van der Waals surface area (Å²) in [6.07, 6.45) is 0.686. The van der Waals surface area contributed by atoms with Gasteiger partial charge in [-0.05, 0) is 38.3 Å². The number of hydrogen-bond donors (Lipinski definition) is 2. The quantitative estimate of drug-likeness (QED) is 0.858. The number of aliphatic hydroxyl groups is 1. The van der Waals surface area contributed by atoms with Crippen molar-refractivity contribution in [3.8, 4) is 0 Å². The van der Waals surface area contributed by atoms with Crippen molar-refractivity contribution in [2.24, 2.45) is 5.92 Å². The molecule has 2 rings (SSSR count). The molecule has 4 heteroatoms. The number of aliphatic hydroxyl groups excluding tert-OH is 1. The van der Waals surface area contributed by atoms with Gasteiger partial charge in [0.25, 0.3) is 0 Å². The van der Waals surface area contributed by atoms with Crippen LogP contribution in [0.25, 0.3) is 0 Å². The fourth-order valence-corrected chi connectivity index (χ4v) is 2.72. The van der Waals surface area contributed by atoms with Gasteiger partial charge < -0.3 is 10.4 Å². The molecule has 3 unspecified atom stereocenters. The van der Waals surface area contributed by atoms with E-state index >= 15 is 0 Å². The van der Waals surface area contributed by atoms with Crippen molar-refractivity contribution in [1.82, 2.24) is 10.2 Å². The summed E-state index contributed by atoms with van der Waals surface area (Å²) >= 11 is 0. The first-order valence-electron chi connectivity index (χ1n) is 7.31. The highest BCUT2D eigenvalue weighted by atomic mass is 16.3. The van der Waals surface area contributed by atoms with Gasteiger partial charge in [-0.15, -0.1) is 0 Å². The highest BCUT2D eigenvalue weighted by Crippen LogP contribution is 2.19. The second-order valence-corrected chi connectivity index (χ2v) is 5.72. The minimum absolute atomic E-state index is 0.0267. The fourth-order valence-electron chi connectivity index (χ4n) is 2.72. The monoisotopic (exact) mass is 276 g/mol. The molecule has 0 bridgehead atoms. The Morgan fingerprint density at radius 3 is 2.70 bits per heavy atom. The van der Waals surface area contributed by atoms with Crippen LogP contribution >= 0.6 is 0 Å². The summed E-state index contributed by atoms with van der Waals surface area (Å²) in [4.78, 5) is 14.2. The van der Waals surface area contributed by atoms with E-state index in [2.05, 4.69) is 10.2 Å². The third-order valence-electron chi connectivity index (χ3n) is 4.04. The van der Waals surface area contributed by atoms with Gasteiger partial charge in [0.05, 0.1) is 18.7 Å². The summed E-state index contributed by atoms with van der Waals surface area (Å²) in [5, 5.41) is 12.6. The Kier molecular flexibility index (Phi) is 5.15. The van der Waals surface area contributed by atoms with E-state index in [1.807, 2.05) is 44.2 Å². The molecule has 1 amide bonds. The zero-order valence-electron chi connectivity index (χ0n) is 12.2. The minimum Gasteiger partial charge on any atom is -0.393 e. The van der Waals surface area contributed by atoms with Crippen molar-refractivity contribution in [3.05, 3.63) is 35.9 Å². The highest BCUT2D eigenvalue weighted by molar-refractivity contribution is 5.78. The average Bonchev–Trinajstić information content (AvgIpc) is 2.88. The summed E-state index contributed by atoms with van der Waals surface area (Å²) in [5.41, 5.74) is 1.11. The van der Waals surface area contributed by atoms with Gasteiger partial charge in [0.1, 0.15) is 0 Å². The molecule has 1 aromatic rings. The maximum atomic E-state index is 12.0. The van der Waals surface area contributed by atoms with Crippen molar-refractivity contribution in [2.45, 2.75) is 32.4 Å². The molecule has 0 saturated carbocycles. The first-order valence-corrected chi connectivity index (χ1v) is 7.31. The lowest BCUT2D eigenvalue weighted by Gasteiger charge is -2.19. The first kappa shape index (κ1) is 15.0. The smallest absolute Gasteiger partial charge is 0.234 e. The van der Waals surface area contributed by atoms with Gasteiger partial charge in [0, 0.05) is 6.54 Å². The van der Waals surface area contributed by atoms with Crippen LogP contribution in [0, 0.1) is 5.92 Å². The minimum atomic E-state index is -0.286. The third kappa shape index (κ3) is 4.05. The summed E-state index contributed by atoms with van der Waals surface area (Å²) in [6, 6.07) is 9.99. The summed E-state index contributed by atoms with van der Waals surface area (Å²) in [7, 11) is 0. The average molecular weight is 276 g/mol. The topological polar surface area (TPSA) is 52.6 Å². The molecule has 4 nitrogen and oxygen atoms in total. The molecule has 1 fully saturated rings. The Morgan fingerprint density at radius 2 is 2.10 bits per heavy atom. The Labute approximate surface area is 120 Å². The predicted molar refractivity (Wildman–Crippen MR) is 79.2 cm³/mol. The molecule has 1 saturated heterocycles. The number of carbonyl (C=O) groups excluding carboxylic acids is 1. The zero-order valence-corrected chi connectivity index (χ0v) is 12.2. The van der Waals surface area contributed by atoms with E-state index in [4.69, 9.17) is 0 Å². The van der Waals surface area contributed by atoms with Gasteiger partial charge in [-0.1, -0.05) is 30.3 Å². The van der Waals surface area contributed by atoms with E-state index in [1.54, 1.807) is 0 Å². The van der Waals surface area contributed by atoms with Crippen molar-refractivity contribution in [1.29, 1.82) is 0 Å². The zero-order chi connectivity index (χ0) is 14.5. The second-order valence-electron chi connectivity index (χ2n) is 5.72. The van der Waals surface area contributed by atoms with Crippen molar-refractivity contribution in [2.75, 3.05) is 19.6 Å². The van der Waals surface area contributed by atoms with E-state index in [0.29, 0.717) is 12.5 Å². The number of rotatable bonds is 5. The van der Waals surface area contributed by atoms with Crippen LogP contribution in [0.3, 0.4) is 0 Å². The van der Waals surface area contributed by atoms with Gasteiger partial charge in [-0.25, -0.2) is 0 Å². The molecule has 1 aromatic carbocycles. The molecule has 1 heterocycles. The van der Waals surface area contributed by atoms with Crippen LogP contribution in [0.1, 0.15) is 31.9 Å². The molecule has 20 heavy (non-hydrogen) atoms.